The first kappa shape index (κ1) is 12.2. The molecule has 2 heterocycles. The number of ether oxygens (including phenoxy) is 1. The minimum Gasteiger partial charge on any atom is -0.489 e. The molecule has 0 saturated heterocycles. The molecule has 18 heavy (non-hydrogen) atoms. The molecule has 0 unspecified atom stereocenters. The molecule has 0 bridgehead atoms. The molecule has 3 nitrogen and oxygen atoms in total. The first-order valence-corrected chi connectivity index (χ1v) is 6.98. The summed E-state index contributed by atoms with van der Waals surface area (Å²) in [6, 6.07) is 2.56. The van der Waals surface area contributed by atoms with Gasteiger partial charge in [-0.3, -0.25) is 4.79 Å². The molecule has 6 heteroatoms. The van der Waals surface area contributed by atoms with Crippen LogP contribution in [0.3, 0.4) is 0 Å². The first-order chi connectivity index (χ1) is 8.63. The van der Waals surface area contributed by atoms with Gasteiger partial charge in [0, 0.05) is 6.07 Å². The third-order valence-corrected chi connectivity index (χ3v) is 4.40. The van der Waals surface area contributed by atoms with Crippen LogP contribution in [-0.2, 0) is 12.4 Å². The summed E-state index contributed by atoms with van der Waals surface area (Å²) in [5.41, 5.74) is 1.22. The number of benzene rings is 1. The molecule has 0 saturated carbocycles. The van der Waals surface area contributed by atoms with Gasteiger partial charge >= 0.3 is 0 Å². The standard InChI is InChI=1S/C12H8ClFINO2/c13-5-8-10(15)12(17)7-3-6(14)4-9-11(7)16(8)1-2-18-9/h3-4H,1-2,5H2. The second-order valence-corrected chi connectivity index (χ2v) is 5.37. The third-order valence-electron chi connectivity index (χ3n) is 3.03. The molecule has 0 N–H and O–H groups in total. The van der Waals surface area contributed by atoms with E-state index in [-0.39, 0.29) is 11.3 Å². The Labute approximate surface area is 121 Å². The lowest BCUT2D eigenvalue weighted by molar-refractivity contribution is 0.283. The number of alkyl halides is 1. The molecule has 3 rings (SSSR count). The van der Waals surface area contributed by atoms with Gasteiger partial charge in [0.1, 0.15) is 18.2 Å². The Hall–Kier alpha value is -0.820. The largest absolute Gasteiger partial charge is 0.489 e. The van der Waals surface area contributed by atoms with E-state index in [1.165, 1.54) is 12.1 Å². The van der Waals surface area contributed by atoms with Crippen LogP contribution in [0.2, 0.25) is 0 Å². The van der Waals surface area contributed by atoms with Gasteiger partial charge in [-0.1, -0.05) is 0 Å². The monoisotopic (exact) mass is 379 g/mol. The Bertz CT molecular complexity index is 714. The van der Waals surface area contributed by atoms with Crippen molar-refractivity contribution in [3.63, 3.8) is 0 Å². The summed E-state index contributed by atoms with van der Waals surface area (Å²) in [5, 5.41) is 0.350. The number of pyridine rings is 1. The van der Waals surface area contributed by atoms with Crippen molar-refractivity contribution in [3.05, 3.63) is 37.4 Å². The Morgan fingerprint density at radius 2 is 2.28 bits per heavy atom. The van der Waals surface area contributed by atoms with Crippen molar-refractivity contribution in [1.82, 2.24) is 4.57 Å². The van der Waals surface area contributed by atoms with Crippen LogP contribution in [0, 0.1) is 9.39 Å². The molecular formula is C12H8ClFINO2. The Morgan fingerprint density at radius 1 is 1.50 bits per heavy atom. The van der Waals surface area contributed by atoms with Crippen molar-refractivity contribution in [1.29, 1.82) is 0 Å². The maximum Gasteiger partial charge on any atom is 0.203 e. The Morgan fingerprint density at radius 3 is 3.00 bits per heavy atom. The molecule has 2 aromatic rings. The summed E-state index contributed by atoms with van der Waals surface area (Å²) >= 11 is 7.89. The van der Waals surface area contributed by atoms with Gasteiger partial charge in [-0.2, -0.15) is 0 Å². The first-order valence-electron chi connectivity index (χ1n) is 5.36. The molecule has 0 radical (unpaired) electrons. The van der Waals surface area contributed by atoms with Gasteiger partial charge < -0.3 is 9.30 Å². The predicted octanol–water partition coefficient (Wildman–Crippen LogP) is 2.88. The van der Waals surface area contributed by atoms with Crippen LogP contribution in [0.4, 0.5) is 4.39 Å². The fourth-order valence-electron chi connectivity index (χ4n) is 2.26. The second-order valence-electron chi connectivity index (χ2n) is 4.02. The molecule has 94 valence electrons. The molecule has 1 aromatic carbocycles. The van der Waals surface area contributed by atoms with Gasteiger partial charge in [0.2, 0.25) is 5.43 Å². The van der Waals surface area contributed by atoms with Crippen LogP contribution in [0.15, 0.2) is 16.9 Å². The van der Waals surface area contributed by atoms with Crippen molar-refractivity contribution in [3.8, 4) is 5.75 Å². The molecule has 0 amide bonds. The van der Waals surface area contributed by atoms with E-state index in [9.17, 15) is 9.18 Å². The predicted molar refractivity (Wildman–Crippen MR) is 75.9 cm³/mol. The molecule has 0 fully saturated rings. The highest BCUT2D eigenvalue weighted by Crippen LogP contribution is 2.31. The van der Waals surface area contributed by atoms with E-state index in [4.69, 9.17) is 16.3 Å². The van der Waals surface area contributed by atoms with E-state index in [0.29, 0.717) is 33.4 Å². The SMILES string of the molecule is O=c1c(I)c(CCl)n2c3c(cc(F)cc13)OCC2. The van der Waals surface area contributed by atoms with E-state index in [2.05, 4.69) is 0 Å². The maximum atomic E-state index is 13.5. The summed E-state index contributed by atoms with van der Waals surface area (Å²) in [6.07, 6.45) is 0. The van der Waals surface area contributed by atoms with Gasteiger partial charge in [-0.25, -0.2) is 4.39 Å². The smallest absolute Gasteiger partial charge is 0.203 e. The van der Waals surface area contributed by atoms with Crippen molar-refractivity contribution in [2.45, 2.75) is 12.4 Å². The van der Waals surface area contributed by atoms with Crippen LogP contribution in [0.25, 0.3) is 10.9 Å². The highest BCUT2D eigenvalue weighted by molar-refractivity contribution is 14.1. The van der Waals surface area contributed by atoms with Crippen molar-refractivity contribution < 1.29 is 9.13 Å². The lowest BCUT2D eigenvalue weighted by Gasteiger charge is -2.24. The molecular weight excluding hydrogens is 371 g/mol. The number of hydrogen-bond acceptors (Lipinski definition) is 2. The fourth-order valence-corrected chi connectivity index (χ4v) is 3.54. The van der Waals surface area contributed by atoms with Crippen LogP contribution >= 0.6 is 34.2 Å². The number of nitrogens with zero attached hydrogens (tertiary/aromatic N) is 1. The highest BCUT2D eigenvalue weighted by atomic mass is 127. The quantitative estimate of drug-likeness (QED) is 0.564. The van der Waals surface area contributed by atoms with Crippen LogP contribution in [0.5, 0.6) is 5.75 Å². The van der Waals surface area contributed by atoms with E-state index < -0.39 is 5.82 Å². The van der Waals surface area contributed by atoms with E-state index >= 15 is 0 Å². The Balaban J connectivity index is 2.57. The van der Waals surface area contributed by atoms with E-state index in [1.807, 2.05) is 27.2 Å². The maximum absolute atomic E-state index is 13.5. The number of rotatable bonds is 1. The molecule has 1 aliphatic rings. The highest BCUT2D eigenvalue weighted by Gasteiger charge is 2.21. The van der Waals surface area contributed by atoms with Crippen LogP contribution in [0.1, 0.15) is 5.69 Å². The third kappa shape index (κ3) is 1.64. The van der Waals surface area contributed by atoms with Gasteiger partial charge in [-0.15, -0.1) is 11.6 Å². The topological polar surface area (TPSA) is 31.2 Å². The van der Waals surface area contributed by atoms with Crippen molar-refractivity contribution in [2.75, 3.05) is 6.61 Å². The number of hydrogen-bond donors (Lipinski definition) is 0. The summed E-state index contributed by atoms with van der Waals surface area (Å²) in [7, 11) is 0. The lowest BCUT2D eigenvalue weighted by Crippen LogP contribution is -2.24. The normalized spacial score (nSPS) is 13.7. The molecule has 1 aliphatic heterocycles. The average molecular weight is 380 g/mol. The minimum absolute atomic E-state index is 0.191. The average Bonchev–Trinajstić information content (AvgIpc) is 2.36. The summed E-state index contributed by atoms with van der Waals surface area (Å²) in [5.74, 6) is 0.203. The van der Waals surface area contributed by atoms with E-state index in [1.54, 1.807) is 0 Å². The minimum atomic E-state index is -0.461. The molecule has 0 aliphatic carbocycles. The molecule has 0 atom stereocenters. The number of aromatic nitrogens is 1. The van der Waals surface area contributed by atoms with Crippen molar-refractivity contribution >= 4 is 45.1 Å². The summed E-state index contributed by atoms with van der Waals surface area (Å²) < 4.78 is 21.4. The van der Waals surface area contributed by atoms with Gasteiger partial charge in [0.15, 0.2) is 0 Å². The van der Waals surface area contributed by atoms with Gasteiger partial charge in [0.25, 0.3) is 0 Å². The van der Waals surface area contributed by atoms with E-state index in [0.717, 1.165) is 5.69 Å². The summed E-state index contributed by atoms with van der Waals surface area (Å²) in [6.45, 7) is 1.07. The van der Waals surface area contributed by atoms with Gasteiger partial charge in [0.05, 0.1) is 32.6 Å². The second kappa shape index (κ2) is 4.38. The summed E-state index contributed by atoms with van der Waals surface area (Å²) in [4.78, 5) is 12.2. The zero-order valence-corrected chi connectivity index (χ0v) is 12.1. The van der Waals surface area contributed by atoms with Crippen LogP contribution in [-0.4, -0.2) is 11.2 Å². The Kier molecular flexibility index (Phi) is 2.97. The fraction of sp³-hybridized carbons (Fsp3) is 0.250. The zero-order chi connectivity index (χ0) is 12.9. The lowest BCUT2D eigenvalue weighted by atomic mass is 10.1. The zero-order valence-electron chi connectivity index (χ0n) is 9.17. The molecule has 0 spiro atoms. The molecule has 1 aromatic heterocycles. The number of halogens is 3. The van der Waals surface area contributed by atoms with Gasteiger partial charge in [-0.05, 0) is 28.7 Å². The van der Waals surface area contributed by atoms with Crippen LogP contribution < -0.4 is 10.2 Å². The van der Waals surface area contributed by atoms with Crippen molar-refractivity contribution in [2.24, 2.45) is 0 Å².